The summed E-state index contributed by atoms with van der Waals surface area (Å²) in [4.78, 5) is 2.05. The Labute approximate surface area is 111 Å². The molecule has 0 aliphatic rings. The lowest BCUT2D eigenvalue weighted by atomic mass is 10.1. The van der Waals surface area contributed by atoms with Crippen molar-refractivity contribution in [2.24, 2.45) is 0 Å². The van der Waals surface area contributed by atoms with Crippen LogP contribution in [0.15, 0.2) is 24.3 Å². The lowest BCUT2D eigenvalue weighted by molar-refractivity contribution is -0.137. The number of unbranched alkanes of at least 4 members (excludes halogenated alkanes) is 1. The number of benzene rings is 1. The minimum atomic E-state index is -4.29. The molecule has 0 heterocycles. The van der Waals surface area contributed by atoms with Crippen LogP contribution in [0.1, 0.15) is 30.9 Å². The average molecular weight is 275 g/mol. The zero-order valence-electron chi connectivity index (χ0n) is 11.1. The van der Waals surface area contributed by atoms with Gasteiger partial charge >= 0.3 is 6.18 Å². The predicted octanol–water partition coefficient (Wildman–Crippen LogP) is 3.30. The van der Waals surface area contributed by atoms with Gasteiger partial charge in [0.25, 0.3) is 0 Å². The van der Waals surface area contributed by atoms with Crippen LogP contribution < -0.4 is 0 Å². The molecular weight excluding hydrogens is 255 g/mol. The quantitative estimate of drug-likeness (QED) is 0.825. The van der Waals surface area contributed by atoms with E-state index in [1.54, 1.807) is 0 Å². The molecule has 0 aromatic heterocycles. The van der Waals surface area contributed by atoms with Crippen LogP contribution >= 0.6 is 0 Å². The van der Waals surface area contributed by atoms with Crippen molar-refractivity contribution in [2.75, 3.05) is 19.7 Å². The Kier molecular flexibility index (Phi) is 6.31. The van der Waals surface area contributed by atoms with E-state index in [2.05, 4.69) is 6.92 Å². The molecule has 0 saturated heterocycles. The molecule has 0 radical (unpaired) electrons. The Morgan fingerprint density at radius 1 is 1.11 bits per heavy atom. The molecule has 0 aliphatic heterocycles. The van der Waals surface area contributed by atoms with Gasteiger partial charge in [-0.1, -0.05) is 25.5 Å². The second-order valence-corrected chi connectivity index (χ2v) is 4.55. The summed E-state index contributed by atoms with van der Waals surface area (Å²) >= 11 is 0. The lowest BCUT2D eigenvalue weighted by Crippen LogP contribution is -2.27. The lowest BCUT2D eigenvalue weighted by Gasteiger charge is -2.21. The number of aliphatic hydroxyl groups is 1. The summed E-state index contributed by atoms with van der Waals surface area (Å²) in [6.07, 6.45) is -2.22. The molecule has 0 atom stereocenters. The van der Waals surface area contributed by atoms with E-state index in [1.807, 2.05) is 4.90 Å². The third-order valence-electron chi connectivity index (χ3n) is 2.93. The Hall–Kier alpha value is -1.07. The number of rotatable bonds is 7. The summed E-state index contributed by atoms with van der Waals surface area (Å²) in [5, 5.41) is 8.97. The van der Waals surface area contributed by atoms with Crippen molar-refractivity contribution in [1.29, 1.82) is 0 Å². The van der Waals surface area contributed by atoms with Crippen molar-refractivity contribution < 1.29 is 18.3 Å². The highest BCUT2D eigenvalue weighted by atomic mass is 19.4. The van der Waals surface area contributed by atoms with Gasteiger partial charge in [-0.2, -0.15) is 13.2 Å². The van der Waals surface area contributed by atoms with Crippen molar-refractivity contribution in [2.45, 2.75) is 32.5 Å². The van der Waals surface area contributed by atoms with Crippen molar-refractivity contribution in [3.8, 4) is 0 Å². The molecule has 0 aliphatic carbocycles. The van der Waals surface area contributed by atoms with E-state index in [0.717, 1.165) is 37.1 Å². The highest BCUT2D eigenvalue weighted by molar-refractivity contribution is 5.24. The highest BCUT2D eigenvalue weighted by Crippen LogP contribution is 2.29. The number of hydrogen-bond donors (Lipinski definition) is 1. The van der Waals surface area contributed by atoms with Crippen LogP contribution in [-0.2, 0) is 12.7 Å². The van der Waals surface area contributed by atoms with Crippen LogP contribution in [0, 0.1) is 0 Å². The van der Waals surface area contributed by atoms with E-state index in [0.29, 0.717) is 13.1 Å². The summed E-state index contributed by atoms with van der Waals surface area (Å²) < 4.78 is 37.3. The average Bonchev–Trinajstić information content (AvgIpc) is 2.36. The molecule has 1 aromatic carbocycles. The molecule has 0 saturated carbocycles. The monoisotopic (exact) mass is 275 g/mol. The van der Waals surface area contributed by atoms with Crippen molar-refractivity contribution in [3.63, 3.8) is 0 Å². The summed E-state index contributed by atoms with van der Waals surface area (Å²) in [6.45, 7) is 4.09. The van der Waals surface area contributed by atoms with Gasteiger partial charge in [-0.05, 0) is 30.7 Å². The maximum atomic E-state index is 12.4. The normalized spacial score (nSPS) is 12.1. The highest BCUT2D eigenvalue weighted by Gasteiger charge is 2.29. The Morgan fingerprint density at radius 2 is 1.74 bits per heavy atom. The molecule has 108 valence electrons. The molecule has 1 aromatic rings. The molecule has 1 N–H and O–H groups in total. The first-order valence-corrected chi connectivity index (χ1v) is 6.46. The van der Waals surface area contributed by atoms with E-state index in [1.165, 1.54) is 12.1 Å². The van der Waals surface area contributed by atoms with E-state index in [4.69, 9.17) is 5.11 Å². The number of nitrogens with zero attached hydrogens (tertiary/aromatic N) is 1. The van der Waals surface area contributed by atoms with Gasteiger partial charge in [-0.25, -0.2) is 0 Å². The van der Waals surface area contributed by atoms with E-state index >= 15 is 0 Å². The summed E-state index contributed by atoms with van der Waals surface area (Å²) in [5.41, 5.74) is 0.205. The number of halogens is 3. The van der Waals surface area contributed by atoms with Gasteiger partial charge in [0.15, 0.2) is 0 Å². The summed E-state index contributed by atoms with van der Waals surface area (Å²) in [6, 6.07) is 5.21. The Balaban J connectivity index is 2.64. The maximum absolute atomic E-state index is 12.4. The van der Waals surface area contributed by atoms with Crippen LogP contribution in [0.4, 0.5) is 13.2 Å². The van der Waals surface area contributed by atoms with Gasteiger partial charge < -0.3 is 5.11 Å². The van der Waals surface area contributed by atoms with Crippen molar-refractivity contribution in [1.82, 2.24) is 4.90 Å². The first-order chi connectivity index (χ1) is 8.97. The Morgan fingerprint density at radius 3 is 2.21 bits per heavy atom. The van der Waals surface area contributed by atoms with Gasteiger partial charge in [0.1, 0.15) is 0 Å². The van der Waals surface area contributed by atoms with E-state index < -0.39 is 11.7 Å². The largest absolute Gasteiger partial charge is 0.416 e. The van der Waals surface area contributed by atoms with E-state index in [9.17, 15) is 13.2 Å². The zero-order valence-corrected chi connectivity index (χ0v) is 11.1. The standard InChI is InChI=1S/C14H20F3NO/c1-2-3-8-18(9-10-19)11-12-4-6-13(7-5-12)14(15,16)17/h4-7,19H,2-3,8-11H2,1H3. The molecule has 0 fully saturated rings. The third-order valence-corrected chi connectivity index (χ3v) is 2.93. The molecule has 0 spiro atoms. The fourth-order valence-electron chi connectivity index (χ4n) is 1.85. The van der Waals surface area contributed by atoms with Crippen LogP contribution in [0.5, 0.6) is 0 Å². The summed E-state index contributed by atoms with van der Waals surface area (Å²) in [5.74, 6) is 0. The Bertz CT molecular complexity index is 362. The van der Waals surface area contributed by atoms with Crippen LogP contribution in [0.3, 0.4) is 0 Å². The van der Waals surface area contributed by atoms with E-state index in [-0.39, 0.29) is 6.61 Å². The molecule has 19 heavy (non-hydrogen) atoms. The maximum Gasteiger partial charge on any atom is 0.416 e. The molecule has 0 amide bonds. The predicted molar refractivity (Wildman–Crippen MR) is 68.7 cm³/mol. The molecule has 2 nitrogen and oxygen atoms in total. The topological polar surface area (TPSA) is 23.5 Å². The smallest absolute Gasteiger partial charge is 0.395 e. The molecule has 1 rings (SSSR count). The van der Waals surface area contributed by atoms with Gasteiger partial charge in [0.2, 0.25) is 0 Å². The minimum Gasteiger partial charge on any atom is -0.395 e. The minimum absolute atomic E-state index is 0.0599. The fourth-order valence-corrected chi connectivity index (χ4v) is 1.85. The first kappa shape index (κ1) is 16.0. The number of alkyl halides is 3. The first-order valence-electron chi connectivity index (χ1n) is 6.46. The fraction of sp³-hybridized carbons (Fsp3) is 0.571. The molecule has 0 bridgehead atoms. The van der Waals surface area contributed by atoms with Gasteiger partial charge in [0.05, 0.1) is 12.2 Å². The summed E-state index contributed by atoms with van der Waals surface area (Å²) in [7, 11) is 0. The molecular formula is C14H20F3NO. The van der Waals surface area contributed by atoms with Gasteiger partial charge in [-0.15, -0.1) is 0 Å². The van der Waals surface area contributed by atoms with Crippen LogP contribution in [0.25, 0.3) is 0 Å². The SMILES string of the molecule is CCCCN(CCO)Cc1ccc(C(F)(F)F)cc1. The second kappa shape index (κ2) is 7.50. The number of aliphatic hydroxyl groups excluding tert-OH is 1. The zero-order chi connectivity index (χ0) is 14.3. The molecule has 0 unspecified atom stereocenters. The molecule has 5 heteroatoms. The third kappa shape index (κ3) is 5.61. The van der Waals surface area contributed by atoms with Gasteiger partial charge in [-0.3, -0.25) is 4.90 Å². The number of hydrogen-bond acceptors (Lipinski definition) is 2. The van der Waals surface area contributed by atoms with Crippen LogP contribution in [0.2, 0.25) is 0 Å². The van der Waals surface area contributed by atoms with Crippen molar-refractivity contribution >= 4 is 0 Å². The van der Waals surface area contributed by atoms with Gasteiger partial charge in [0, 0.05) is 13.1 Å². The second-order valence-electron chi connectivity index (χ2n) is 4.55. The van der Waals surface area contributed by atoms with Crippen molar-refractivity contribution in [3.05, 3.63) is 35.4 Å². The van der Waals surface area contributed by atoms with Crippen LogP contribution in [-0.4, -0.2) is 29.7 Å².